The average Bonchev–Trinajstić information content (AvgIpc) is 2.26. The summed E-state index contributed by atoms with van der Waals surface area (Å²) in [5.41, 5.74) is 0. The number of hydrogen-bond acceptors (Lipinski definition) is 4. The number of rotatable bonds is 0. The van der Waals surface area contributed by atoms with Crippen LogP contribution in [-0.4, -0.2) is 53.3 Å². The summed E-state index contributed by atoms with van der Waals surface area (Å²) in [5.74, 6) is 0.109. The van der Waals surface area contributed by atoms with Gasteiger partial charge in [-0.3, -0.25) is 4.79 Å². The SMILES string of the molecule is CSC(=NC#N)N1CCN(C(C)=O)CC1. The van der Waals surface area contributed by atoms with Crippen LogP contribution in [0.5, 0.6) is 0 Å². The lowest BCUT2D eigenvalue weighted by molar-refractivity contribution is -0.130. The third-order valence-corrected chi connectivity index (χ3v) is 3.04. The Labute approximate surface area is 93.7 Å². The number of thioether (sulfide) groups is 1. The molecule has 0 aromatic rings. The topological polar surface area (TPSA) is 59.7 Å². The molecule has 5 nitrogen and oxygen atoms in total. The number of amides is 1. The van der Waals surface area contributed by atoms with Gasteiger partial charge in [0.25, 0.3) is 0 Å². The number of carbonyl (C=O) groups is 1. The highest BCUT2D eigenvalue weighted by atomic mass is 32.2. The van der Waals surface area contributed by atoms with Gasteiger partial charge in [-0.1, -0.05) is 11.8 Å². The minimum Gasteiger partial charge on any atom is -0.347 e. The maximum absolute atomic E-state index is 11.1. The molecule has 0 N–H and O–H groups in total. The second-order valence-electron chi connectivity index (χ2n) is 3.19. The first kappa shape index (κ1) is 11.9. The van der Waals surface area contributed by atoms with Crippen molar-refractivity contribution in [2.45, 2.75) is 6.92 Å². The van der Waals surface area contributed by atoms with Crippen molar-refractivity contribution in [1.82, 2.24) is 9.80 Å². The third-order valence-electron chi connectivity index (χ3n) is 2.32. The van der Waals surface area contributed by atoms with Crippen molar-refractivity contribution < 1.29 is 4.79 Å². The summed E-state index contributed by atoms with van der Waals surface area (Å²) in [6.07, 6.45) is 3.69. The van der Waals surface area contributed by atoms with Crippen molar-refractivity contribution in [2.75, 3.05) is 32.4 Å². The van der Waals surface area contributed by atoms with E-state index in [4.69, 9.17) is 5.26 Å². The minimum atomic E-state index is 0.109. The van der Waals surface area contributed by atoms with E-state index in [0.29, 0.717) is 13.1 Å². The Morgan fingerprint density at radius 2 is 1.87 bits per heavy atom. The van der Waals surface area contributed by atoms with Gasteiger partial charge in [0.15, 0.2) is 5.17 Å². The average molecular weight is 226 g/mol. The first-order valence-corrected chi connectivity index (χ1v) is 5.92. The molecule has 0 atom stereocenters. The highest BCUT2D eigenvalue weighted by molar-refractivity contribution is 8.13. The molecule has 1 heterocycles. The smallest absolute Gasteiger partial charge is 0.219 e. The van der Waals surface area contributed by atoms with E-state index in [1.54, 1.807) is 18.0 Å². The van der Waals surface area contributed by atoms with Crippen LogP contribution in [0.2, 0.25) is 0 Å². The van der Waals surface area contributed by atoms with Crippen LogP contribution in [0.25, 0.3) is 0 Å². The quantitative estimate of drug-likeness (QED) is 0.340. The Kier molecular flexibility index (Phi) is 4.43. The van der Waals surface area contributed by atoms with Crippen LogP contribution in [0, 0.1) is 11.5 Å². The van der Waals surface area contributed by atoms with E-state index in [9.17, 15) is 4.79 Å². The second-order valence-corrected chi connectivity index (χ2v) is 3.97. The van der Waals surface area contributed by atoms with Gasteiger partial charge in [0.2, 0.25) is 12.1 Å². The molecule has 1 rings (SSSR count). The van der Waals surface area contributed by atoms with Gasteiger partial charge in [-0.25, -0.2) is 0 Å². The van der Waals surface area contributed by atoms with Crippen molar-refractivity contribution in [3.05, 3.63) is 0 Å². The molecule has 0 aromatic carbocycles. The number of amidine groups is 1. The largest absolute Gasteiger partial charge is 0.347 e. The third kappa shape index (κ3) is 3.13. The molecule has 0 aliphatic carbocycles. The number of carbonyl (C=O) groups excluding carboxylic acids is 1. The molecule has 82 valence electrons. The Morgan fingerprint density at radius 3 is 2.27 bits per heavy atom. The zero-order chi connectivity index (χ0) is 11.3. The first-order valence-electron chi connectivity index (χ1n) is 4.70. The van der Waals surface area contributed by atoms with E-state index >= 15 is 0 Å². The van der Waals surface area contributed by atoms with Crippen molar-refractivity contribution in [2.24, 2.45) is 4.99 Å². The molecular weight excluding hydrogens is 212 g/mol. The van der Waals surface area contributed by atoms with E-state index < -0.39 is 0 Å². The summed E-state index contributed by atoms with van der Waals surface area (Å²) in [6, 6.07) is 0. The molecule has 0 spiro atoms. The molecule has 1 aliphatic heterocycles. The lowest BCUT2D eigenvalue weighted by Crippen LogP contribution is -2.49. The highest BCUT2D eigenvalue weighted by Gasteiger charge is 2.20. The van der Waals surface area contributed by atoms with Gasteiger partial charge in [-0.05, 0) is 6.26 Å². The number of aliphatic imine (C=N–C) groups is 1. The van der Waals surface area contributed by atoms with Crippen molar-refractivity contribution in [3.8, 4) is 6.19 Å². The molecule has 0 bridgehead atoms. The molecule has 1 amide bonds. The molecule has 0 radical (unpaired) electrons. The van der Waals surface area contributed by atoms with E-state index in [1.807, 2.05) is 11.2 Å². The zero-order valence-corrected chi connectivity index (χ0v) is 9.75. The van der Waals surface area contributed by atoms with Gasteiger partial charge in [0.1, 0.15) is 0 Å². The second kappa shape index (κ2) is 5.61. The summed E-state index contributed by atoms with van der Waals surface area (Å²) in [7, 11) is 0. The first-order chi connectivity index (χ1) is 7.19. The standard InChI is InChI=1S/C9H14N4OS/c1-8(14)12-3-5-13(6-4-12)9(15-2)11-7-10/h3-6H2,1-2H3. The van der Waals surface area contributed by atoms with Crippen molar-refractivity contribution in [1.29, 1.82) is 5.26 Å². The molecule has 1 aliphatic rings. The van der Waals surface area contributed by atoms with E-state index in [2.05, 4.69) is 4.99 Å². The Hall–Kier alpha value is -1.22. The van der Waals surface area contributed by atoms with Crippen molar-refractivity contribution in [3.63, 3.8) is 0 Å². The molecular formula is C9H14N4OS. The van der Waals surface area contributed by atoms with Crippen LogP contribution in [0.1, 0.15) is 6.92 Å². The van der Waals surface area contributed by atoms with E-state index in [1.165, 1.54) is 11.8 Å². The summed E-state index contributed by atoms with van der Waals surface area (Å²) in [4.78, 5) is 18.7. The Balaban J connectivity index is 2.53. The van der Waals surface area contributed by atoms with Crippen LogP contribution in [0.4, 0.5) is 0 Å². The minimum absolute atomic E-state index is 0.109. The fraction of sp³-hybridized carbons (Fsp3) is 0.667. The lowest BCUT2D eigenvalue weighted by atomic mass is 10.3. The fourth-order valence-corrected chi connectivity index (χ4v) is 2.07. The number of hydrogen-bond donors (Lipinski definition) is 0. The number of nitriles is 1. The molecule has 6 heteroatoms. The van der Waals surface area contributed by atoms with Crippen LogP contribution >= 0.6 is 11.8 Å². The number of nitrogens with zero attached hydrogens (tertiary/aromatic N) is 4. The predicted molar refractivity (Wildman–Crippen MR) is 60.4 cm³/mol. The van der Waals surface area contributed by atoms with E-state index in [-0.39, 0.29) is 5.91 Å². The molecule has 0 unspecified atom stereocenters. The molecule has 1 saturated heterocycles. The maximum atomic E-state index is 11.1. The molecule has 15 heavy (non-hydrogen) atoms. The van der Waals surface area contributed by atoms with Crippen LogP contribution < -0.4 is 0 Å². The molecule has 0 aromatic heterocycles. The van der Waals surface area contributed by atoms with Crippen LogP contribution in [-0.2, 0) is 4.79 Å². The Morgan fingerprint density at radius 1 is 1.33 bits per heavy atom. The normalized spacial score (nSPS) is 17.5. The highest BCUT2D eigenvalue weighted by Crippen LogP contribution is 2.09. The van der Waals surface area contributed by atoms with Crippen LogP contribution in [0.15, 0.2) is 4.99 Å². The van der Waals surface area contributed by atoms with Crippen molar-refractivity contribution >= 4 is 22.8 Å². The predicted octanol–water partition coefficient (Wildman–Crippen LogP) is 0.351. The van der Waals surface area contributed by atoms with Gasteiger partial charge < -0.3 is 9.80 Å². The summed E-state index contributed by atoms with van der Waals surface area (Å²) in [6.45, 7) is 4.50. The van der Waals surface area contributed by atoms with Gasteiger partial charge in [-0.15, -0.1) is 4.99 Å². The van der Waals surface area contributed by atoms with Gasteiger partial charge in [0.05, 0.1) is 0 Å². The monoisotopic (exact) mass is 226 g/mol. The van der Waals surface area contributed by atoms with Gasteiger partial charge >= 0.3 is 0 Å². The maximum Gasteiger partial charge on any atom is 0.219 e. The Bertz CT molecular complexity index is 302. The van der Waals surface area contributed by atoms with Crippen LogP contribution in [0.3, 0.4) is 0 Å². The fourth-order valence-electron chi connectivity index (χ4n) is 1.50. The van der Waals surface area contributed by atoms with E-state index in [0.717, 1.165) is 18.3 Å². The zero-order valence-electron chi connectivity index (χ0n) is 8.93. The molecule has 1 fully saturated rings. The summed E-state index contributed by atoms with van der Waals surface area (Å²) < 4.78 is 0. The number of piperazine rings is 1. The van der Waals surface area contributed by atoms with Gasteiger partial charge in [-0.2, -0.15) is 5.26 Å². The lowest BCUT2D eigenvalue weighted by Gasteiger charge is -2.35. The molecule has 0 saturated carbocycles. The van der Waals surface area contributed by atoms with Gasteiger partial charge in [0, 0.05) is 33.1 Å². The summed E-state index contributed by atoms with van der Waals surface area (Å²) >= 11 is 1.46. The summed E-state index contributed by atoms with van der Waals surface area (Å²) in [5, 5.41) is 9.23.